The maximum atomic E-state index is 13.2. The van der Waals surface area contributed by atoms with Crippen LogP contribution < -0.4 is 10.2 Å². The van der Waals surface area contributed by atoms with E-state index in [1.54, 1.807) is 48.5 Å². The summed E-state index contributed by atoms with van der Waals surface area (Å²) in [5.41, 5.74) is 2.28. The lowest BCUT2D eigenvalue weighted by Crippen LogP contribution is -2.32. The van der Waals surface area contributed by atoms with Crippen molar-refractivity contribution in [2.45, 2.75) is 0 Å². The number of amides is 2. The Morgan fingerprint density at radius 3 is 1.86 bits per heavy atom. The zero-order valence-electron chi connectivity index (χ0n) is 14.5. The van der Waals surface area contributed by atoms with E-state index in [1.807, 2.05) is 30.3 Å². The molecule has 4 rings (SSSR count). The van der Waals surface area contributed by atoms with E-state index in [0.29, 0.717) is 32.6 Å². The van der Waals surface area contributed by atoms with Crippen LogP contribution in [0, 0.1) is 0 Å². The number of halogens is 2. The topological polar surface area (TPSA) is 49.4 Å². The van der Waals surface area contributed by atoms with Crippen molar-refractivity contribution in [2.24, 2.45) is 0 Å². The number of rotatable bonds is 4. The van der Waals surface area contributed by atoms with Crippen LogP contribution in [0.15, 0.2) is 84.6 Å². The molecule has 3 aromatic carbocycles. The Morgan fingerprint density at radius 1 is 0.679 bits per heavy atom. The molecular weight excluding hydrogens is 395 g/mol. The third kappa shape index (κ3) is 3.40. The second kappa shape index (κ2) is 7.50. The number of carbonyl (C=O) groups excluding carboxylic acids is 2. The van der Waals surface area contributed by atoms with Crippen molar-refractivity contribution in [3.8, 4) is 0 Å². The fraction of sp³-hybridized carbons (Fsp3) is 0. The maximum Gasteiger partial charge on any atom is 0.282 e. The van der Waals surface area contributed by atoms with Crippen LogP contribution in [0.4, 0.5) is 11.4 Å². The smallest absolute Gasteiger partial charge is 0.282 e. The SMILES string of the molecule is O=C1C(Nc2ccccc2)=C(c2ccc(Cl)cc2)C(=O)N1c1ccc(Cl)cc1. The number of hydrogen-bond acceptors (Lipinski definition) is 3. The number of para-hydroxylation sites is 1. The number of hydrogen-bond donors (Lipinski definition) is 1. The fourth-order valence-corrected chi connectivity index (χ4v) is 3.27. The van der Waals surface area contributed by atoms with Gasteiger partial charge in [-0.05, 0) is 54.1 Å². The summed E-state index contributed by atoms with van der Waals surface area (Å²) in [5.74, 6) is -0.839. The first-order valence-electron chi connectivity index (χ1n) is 8.51. The normalized spacial score (nSPS) is 14.0. The molecule has 3 aromatic rings. The van der Waals surface area contributed by atoms with Crippen molar-refractivity contribution < 1.29 is 9.59 Å². The highest BCUT2D eigenvalue weighted by Crippen LogP contribution is 2.34. The Kier molecular flexibility index (Phi) is 4.90. The first-order valence-corrected chi connectivity index (χ1v) is 9.27. The molecule has 6 heteroatoms. The lowest BCUT2D eigenvalue weighted by molar-refractivity contribution is -0.120. The molecule has 0 saturated carbocycles. The van der Waals surface area contributed by atoms with Gasteiger partial charge < -0.3 is 5.32 Å². The Hall–Kier alpha value is -3.08. The highest BCUT2D eigenvalue weighted by atomic mass is 35.5. The van der Waals surface area contributed by atoms with E-state index in [-0.39, 0.29) is 5.70 Å². The average Bonchev–Trinajstić information content (AvgIpc) is 2.94. The molecule has 0 fully saturated rings. The number of benzene rings is 3. The van der Waals surface area contributed by atoms with E-state index in [2.05, 4.69) is 5.32 Å². The van der Waals surface area contributed by atoms with Crippen LogP contribution in [0.2, 0.25) is 10.0 Å². The lowest BCUT2D eigenvalue weighted by atomic mass is 10.0. The first-order chi connectivity index (χ1) is 13.5. The molecule has 0 aliphatic carbocycles. The van der Waals surface area contributed by atoms with Gasteiger partial charge in [0.05, 0.1) is 11.3 Å². The van der Waals surface area contributed by atoms with Gasteiger partial charge in [0.1, 0.15) is 5.70 Å². The standard InChI is InChI=1S/C22H14Cl2N2O2/c23-15-8-6-14(7-9-15)19-20(25-17-4-2-1-3-5-17)22(28)26(21(19)27)18-12-10-16(24)11-13-18/h1-13,25H. The van der Waals surface area contributed by atoms with Crippen LogP contribution in [0.1, 0.15) is 5.56 Å². The van der Waals surface area contributed by atoms with E-state index >= 15 is 0 Å². The fourth-order valence-electron chi connectivity index (χ4n) is 3.02. The van der Waals surface area contributed by atoms with Gasteiger partial charge >= 0.3 is 0 Å². The van der Waals surface area contributed by atoms with Crippen LogP contribution in [0.5, 0.6) is 0 Å². The Labute approximate surface area is 172 Å². The molecule has 0 bridgehead atoms. The molecule has 1 heterocycles. The van der Waals surface area contributed by atoms with Gasteiger partial charge in [-0.25, -0.2) is 4.90 Å². The number of anilines is 2. The van der Waals surface area contributed by atoms with Gasteiger partial charge in [0.15, 0.2) is 0 Å². The minimum absolute atomic E-state index is 0.216. The van der Waals surface area contributed by atoms with Crippen LogP contribution in [-0.4, -0.2) is 11.8 Å². The van der Waals surface area contributed by atoms with E-state index in [9.17, 15) is 9.59 Å². The minimum atomic E-state index is -0.430. The van der Waals surface area contributed by atoms with Gasteiger partial charge in [0, 0.05) is 15.7 Å². The molecule has 0 saturated heterocycles. The molecule has 0 radical (unpaired) electrons. The zero-order chi connectivity index (χ0) is 19.7. The van der Waals surface area contributed by atoms with E-state index in [4.69, 9.17) is 23.2 Å². The minimum Gasteiger partial charge on any atom is -0.350 e. The molecule has 0 atom stereocenters. The van der Waals surface area contributed by atoms with Gasteiger partial charge in [-0.2, -0.15) is 0 Å². The van der Waals surface area contributed by atoms with Gasteiger partial charge in [0.25, 0.3) is 11.8 Å². The van der Waals surface area contributed by atoms with Crippen LogP contribution >= 0.6 is 23.2 Å². The van der Waals surface area contributed by atoms with Crippen molar-refractivity contribution in [3.63, 3.8) is 0 Å². The Bertz CT molecular complexity index is 1080. The molecule has 0 aromatic heterocycles. The summed E-state index contributed by atoms with van der Waals surface area (Å²) in [4.78, 5) is 27.6. The van der Waals surface area contributed by atoms with Crippen molar-refractivity contribution >= 4 is 52.0 Å². The summed E-state index contributed by atoms with van der Waals surface area (Å²) in [7, 11) is 0. The summed E-state index contributed by atoms with van der Waals surface area (Å²) in [5, 5.41) is 4.18. The van der Waals surface area contributed by atoms with Crippen LogP contribution in [0.25, 0.3) is 5.57 Å². The van der Waals surface area contributed by atoms with Gasteiger partial charge in [-0.15, -0.1) is 0 Å². The third-order valence-corrected chi connectivity index (χ3v) is 4.85. The molecule has 1 aliphatic heterocycles. The largest absolute Gasteiger partial charge is 0.350 e. The monoisotopic (exact) mass is 408 g/mol. The van der Waals surface area contributed by atoms with Crippen molar-refractivity contribution in [1.29, 1.82) is 0 Å². The summed E-state index contributed by atoms with van der Waals surface area (Å²) in [6.07, 6.45) is 0. The molecule has 4 nitrogen and oxygen atoms in total. The van der Waals surface area contributed by atoms with E-state index in [1.165, 1.54) is 0 Å². The molecule has 2 amide bonds. The summed E-state index contributed by atoms with van der Waals surface area (Å²) in [6, 6.07) is 22.6. The molecule has 0 spiro atoms. The molecular formula is C22H14Cl2N2O2. The average molecular weight is 409 g/mol. The number of carbonyl (C=O) groups is 2. The van der Waals surface area contributed by atoms with Crippen molar-refractivity contribution in [1.82, 2.24) is 0 Å². The zero-order valence-corrected chi connectivity index (χ0v) is 16.0. The first kappa shape index (κ1) is 18.3. The number of nitrogens with zero attached hydrogens (tertiary/aromatic N) is 1. The van der Waals surface area contributed by atoms with Gasteiger partial charge in [-0.1, -0.05) is 53.5 Å². The predicted molar refractivity (Wildman–Crippen MR) is 112 cm³/mol. The molecule has 28 heavy (non-hydrogen) atoms. The summed E-state index contributed by atoms with van der Waals surface area (Å²) >= 11 is 11.9. The van der Waals surface area contributed by atoms with Crippen molar-refractivity contribution in [3.05, 3.63) is 100 Å². The summed E-state index contributed by atoms with van der Waals surface area (Å²) < 4.78 is 0. The molecule has 1 aliphatic rings. The van der Waals surface area contributed by atoms with Crippen LogP contribution in [-0.2, 0) is 9.59 Å². The quantitative estimate of drug-likeness (QED) is 0.588. The number of imide groups is 1. The van der Waals surface area contributed by atoms with Crippen molar-refractivity contribution in [2.75, 3.05) is 10.2 Å². The Balaban J connectivity index is 1.81. The van der Waals surface area contributed by atoms with E-state index in [0.717, 1.165) is 4.90 Å². The maximum absolute atomic E-state index is 13.2. The summed E-state index contributed by atoms with van der Waals surface area (Å²) in [6.45, 7) is 0. The second-order valence-electron chi connectivity index (χ2n) is 6.17. The third-order valence-electron chi connectivity index (χ3n) is 4.34. The second-order valence-corrected chi connectivity index (χ2v) is 7.04. The highest BCUT2D eigenvalue weighted by molar-refractivity contribution is 6.46. The molecule has 1 N–H and O–H groups in total. The number of nitrogens with one attached hydrogen (secondary N) is 1. The lowest BCUT2D eigenvalue weighted by Gasteiger charge is -2.15. The van der Waals surface area contributed by atoms with Gasteiger partial charge in [-0.3, -0.25) is 9.59 Å². The highest BCUT2D eigenvalue weighted by Gasteiger charge is 2.40. The van der Waals surface area contributed by atoms with E-state index < -0.39 is 11.8 Å². The van der Waals surface area contributed by atoms with Crippen LogP contribution in [0.3, 0.4) is 0 Å². The van der Waals surface area contributed by atoms with Gasteiger partial charge in [0.2, 0.25) is 0 Å². The molecule has 0 unspecified atom stereocenters. The molecule has 138 valence electrons. The Morgan fingerprint density at radius 2 is 1.25 bits per heavy atom. The predicted octanol–water partition coefficient (Wildman–Crippen LogP) is 5.39.